The lowest BCUT2D eigenvalue weighted by molar-refractivity contribution is 0.0950. The summed E-state index contributed by atoms with van der Waals surface area (Å²) in [5.74, 6) is -0.163. The molecule has 0 aliphatic heterocycles. The summed E-state index contributed by atoms with van der Waals surface area (Å²) in [7, 11) is 0. The third kappa shape index (κ3) is 3.90. The first-order valence-electron chi connectivity index (χ1n) is 8.54. The van der Waals surface area contributed by atoms with Crippen LogP contribution in [0.3, 0.4) is 0 Å². The van der Waals surface area contributed by atoms with Gasteiger partial charge in [-0.2, -0.15) is 5.10 Å². The van der Waals surface area contributed by atoms with Crippen molar-refractivity contribution in [2.75, 3.05) is 0 Å². The molecule has 6 heteroatoms. The standard InChI is InChI=1S/C21H17N5O/c27-21(17-8-4-9-19(12-17)26-11-5-10-25-26)22-14-18-13-20(24-15-23-18)16-6-2-1-3-7-16/h1-13,15H,14H2,(H,22,27). The molecule has 4 rings (SSSR count). The highest BCUT2D eigenvalue weighted by Gasteiger charge is 2.08. The first-order chi connectivity index (χ1) is 13.3. The molecule has 0 bridgehead atoms. The Labute approximate surface area is 156 Å². The summed E-state index contributed by atoms with van der Waals surface area (Å²) < 4.78 is 1.72. The molecule has 27 heavy (non-hydrogen) atoms. The number of carbonyl (C=O) groups excluding carboxylic acids is 1. The van der Waals surface area contributed by atoms with Crippen molar-refractivity contribution in [3.05, 3.63) is 96.7 Å². The van der Waals surface area contributed by atoms with E-state index >= 15 is 0 Å². The Hall–Kier alpha value is -3.80. The summed E-state index contributed by atoms with van der Waals surface area (Å²) in [6.07, 6.45) is 5.05. The maximum Gasteiger partial charge on any atom is 0.251 e. The van der Waals surface area contributed by atoms with Gasteiger partial charge >= 0.3 is 0 Å². The topological polar surface area (TPSA) is 72.7 Å². The molecule has 0 atom stereocenters. The van der Waals surface area contributed by atoms with E-state index in [0.29, 0.717) is 12.1 Å². The maximum absolute atomic E-state index is 12.5. The van der Waals surface area contributed by atoms with Gasteiger partial charge < -0.3 is 5.32 Å². The number of rotatable bonds is 5. The van der Waals surface area contributed by atoms with Crippen molar-refractivity contribution >= 4 is 5.91 Å². The number of hydrogen-bond acceptors (Lipinski definition) is 4. The third-order valence-electron chi connectivity index (χ3n) is 4.10. The highest BCUT2D eigenvalue weighted by atomic mass is 16.1. The van der Waals surface area contributed by atoms with Crippen LogP contribution in [0.15, 0.2) is 85.5 Å². The summed E-state index contributed by atoms with van der Waals surface area (Å²) in [5.41, 5.74) is 4.00. The molecule has 0 fully saturated rings. The molecule has 132 valence electrons. The van der Waals surface area contributed by atoms with E-state index in [2.05, 4.69) is 20.4 Å². The third-order valence-corrected chi connectivity index (χ3v) is 4.10. The van der Waals surface area contributed by atoms with Crippen molar-refractivity contribution in [1.29, 1.82) is 0 Å². The molecule has 2 heterocycles. The number of nitrogens with one attached hydrogen (secondary N) is 1. The van der Waals surface area contributed by atoms with Gasteiger partial charge in [0.1, 0.15) is 6.33 Å². The normalized spacial score (nSPS) is 10.5. The molecule has 2 aromatic carbocycles. The molecule has 1 amide bonds. The van der Waals surface area contributed by atoms with Crippen molar-refractivity contribution in [1.82, 2.24) is 25.1 Å². The van der Waals surface area contributed by atoms with Crippen LogP contribution < -0.4 is 5.32 Å². The number of benzene rings is 2. The fourth-order valence-corrected chi connectivity index (χ4v) is 2.75. The average molecular weight is 355 g/mol. The minimum absolute atomic E-state index is 0.163. The van der Waals surface area contributed by atoms with E-state index in [1.54, 1.807) is 23.0 Å². The average Bonchev–Trinajstić information content (AvgIpc) is 3.28. The molecule has 0 unspecified atom stereocenters. The summed E-state index contributed by atoms with van der Waals surface area (Å²) in [4.78, 5) is 21.1. The molecule has 0 aliphatic carbocycles. The van der Waals surface area contributed by atoms with Gasteiger partial charge in [-0.3, -0.25) is 4.79 Å². The Bertz CT molecular complexity index is 1050. The molecule has 2 aromatic heterocycles. The second-order valence-electron chi connectivity index (χ2n) is 5.94. The summed E-state index contributed by atoms with van der Waals surface area (Å²) in [5, 5.41) is 7.09. The largest absolute Gasteiger partial charge is 0.346 e. The highest BCUT2D eigenvalue weighted by Crippen LogP contribution is 2.16. The van der Waals surface area contributed by atoms with Gasteiger partial charge in [0.15, 0.2) is 0 Å². The quantitative estimate of drug-likeness (QED) is 0.596. The van der Waals surface area contributed by atoms with Crippen LogP contribution in [0, 0.1) is 0 Å². The van der Waals surface area contributed by atoms with Crippen molar-refractivity contribution in [3.63, 3.8) is 0 Å². The van der Waals surface area contributed by atoms with E-state index in [1.165, 1.54) is 6.33 Å². The van der Waals surface area contributed by atoms with E-state index in [-0.39, 0.29) is 5.91 Å². The van der Waals surface area contributed by atoms with Gasteiger partial charge in [-0.15, -0.1) is 0 Å². The zero-order valence-corrected chi connectivity index (χ0v) is 14.5. The number of hydrogen-bond donors (Lipinski definition) is 1. The first kappa shape index (κ1) is 16.7. The Balaban J connectivity index is 1.46. The minimum Gasteiger partial charge on any atom is -0.346 e. The maximum atomic E-state index is 12.5. The zero-order valence-electron chi connectivity index (χ0n) is 14.5. The lowest BCUT2D eigenvalue weighted by Gasteiger charge is -2.08. The van der Waals surface area contributed by atoms with Gasteiger partial charge in [0, 0.05) is 23.5 Å². The molecular weight excluding hydrogens is 338 g/mol. The summed E-state index contributed by atoms with van der Waals surface area (Å²) >= 11 is 0. The van der Waals surface area contributed by atoms with E-state index in [1.807, 2.05) is 60.8 Å². The van der Waals surface area contributed by atoms with Crippen LogP contribution in [0.4, 0.5) is 0 Å². The summed E-state index contributed by atoms with van der Waals surface area (Å²) in [6, 6.07) is 20.9. The smallest absolute Gasteiger partial charge is 0.251 e. The van der Waals surface area contributed by atoms with Crippen LogP contribution in [0.2, 0.25) is 0 Å². The predicted molar refractivity (Wildman–Crippen MR) is 102 cm³/mol. The van der Waals surface area contributed by atoms with Gasteiger partial charge in [-0.05, 0) is 30.3 Å². The minimum atomic E-state index is -0.163. The van der Waals surface area contributed by atoms with Crippen LogP contribution in [-0.2, 0) is 6.54 Å². The van der Waals surface area contributed by atoms with Gasteiger partial charge in [0.25, 0.3) is 5.91 Å². The van der Waals surface area contributed by atoms with Crippen LogP contribution >= 0.6 is 0 Å². The molecule has 0 saturated carbocycles. The number of amides is 1. The fraction of sp³-hybridized carbons (Fsp3) is 0.0476. The Kier molecular flexibility index (Phi) is 4.70. The van der Waals surface area contributed by atoms with E-state index in [9.17, 15) is 4.79 Å². The van der Waals surface area contributed by atoms with Crippen molar-refractivity contribution in [2.45, 2.75) is 6.54 Å². The predicted octanol–water partition coefficient (Wildman–Crippen LogP) is 3.26. The lowest BCUT2D eigenvalue weighted by atomic mass is 10.1. The zero-order chi connectivity index (χ0) is 18.5. The number of carbonyl (C=O) groups is 1. The highest BCUT2D eigenvalue weighted by molar-refractivity contribution is 5.94. The second kappa shape index (κ2) is 7.61. The molecule has 1 N–H and O–H groups in total. The molecule has 0 aliphatic rings. The number of nitrogens with zero attached hydrogens (tertiary/aromatic N) is 4. The van der Waals surface area contributed by atoms with Crippen LogP contribution in [0.5, 0.6) is 0 Å². The Morgan fingerprint density at radius 1 is 0.963 bits per heavy atom. The van der Waals surface area contributed by atoms with Gasteiger partial charge in [-0.1, -0.05) is 36.4 Å². The van der Waals surface area contributed by atoms with Gasteiger partial charge in [0.05, 0.1) is 23.6 Å². The van der Waals surface area contributed by atoms with Crippen molar-refractivity contribution in [2.24, 2.45) is 0 Å². The fourth-order valence-electron chi connectivity index (χ4n) is 2.75. The van der Waals surface area contributed by atoms with E-state index in [0.717, 1.165) is 22.6 Å². The first-order valence-corrected chi connectivity index (χ1v) is 8.54. The van der Waals surface area contributed by atoms with Crippen LogP contribution in [0.1, 0.15) is 16.1 Å². The van der Waals surface area contributed by atoms with Gasteiger partial charge in [-0.25, -0.2) is 14.6 Å². The van der Waals surface area contributed by atoms with E-state index < -0.39 is 0 Å². The number of aromatic nitrogens is 4. The van der Waals surface area contributed by atoms with Gasteiger partial charge in [0.2, 0.25) is 0 Å². The Morgan fingerprint density at radius 2 is 1.85 bits per heavy atom. The lowest BCUT2D eigenvalue weighted by Crippen LogP contribution is -2.23. The van der Waals surface area contributed by atoms with Crippen molar-refractivity contribution < 1.29 is 4.79 Å². The van der Waals surface area contributed by atoms with Crippen LogP contribution in [-0.4, -0.2) is 25.7 Å². The Morgan fingerprint density at radius 3 is 2.67 bits per heavy atom. The van der Waals surface area contributed by atoms with Crippen LogP contribution in [0.25, 0.3) is 16.9 Å². The summed E-state index contributed by atoms with van der Waals surface area (Å²) in [6.45, 7) is 0.327. The molecule has 4 aromatic rings. The molecule has 0 spiro atoms. The molecule has 0 radical (unpaired) electrons. The molecule has 0 saturated heterocycles. The van der Waals surface area contributed by atoms with E-state index in [4.69, 9.17) is 0 Å². The molecular formula is C21H17N5O. The van der Waals surface area contributed by atoms with Crippen molar-refractivity contribution in [3.8, 4) is 16.9 Å². The second-order valence-corrected chi connectivity index (χ2v) is 5.94. The molecule has 6 nitrogen and oxygen atoms in total. The monoisotopic (exact) mass is 355 g/mol. The SMILES string of the molecule is O=C(NCc1cc(-c2ccccc2)ncn1)c1cccc(-n2cccn2)c1.